The van der Waals surface area contributed by atoms with Crippen LogP contribution in [-0.4, -0.2) is 310 Å². The number of nitrogens with zero attached hydrogens (tertiary/aromatic N) is 6. The Labute approximate surface area is 845 Å². The quantitative estimate of drug-likeness (QED) is 0.0341. The highest BCUT2D eigenvalue weighted by molar-refractivity contribution is 8.00. The van der Waals surface area contributed by atoms with E-state index in [0.29, 0.717) is 64.2 Å². The molecule has 15 atom stereocenters. The highest BCUT2D eigenvalue weighted by Gasteiger charge is 2.48. The number of carboxylic acids is 2. The molecule has 2 aromatic heterocycles. The van der Waals surface area contributed by atoms with Crippen LogP contribution in [0.1, 0.15) is 208 Å². The van der Waals surface area contributed by atoms with Crippen molar-refractivity contribution >= 4 is 152 Å². The van der Waals surface area contributed by atoms with Gasteiger partial charge in [0.15, 0.2) is 0 Å². The summed E-state index contributed by atoms with van der Waals surface area (Å²) in [6, 6.07) is -4.21. The number of benzene rings is 3. The number of aliphatic hydroxyl groups excluding tert-OH is 1. The fraction of sp³-hybridized carbons (Fsp3) is 0.584. The fourth-order valence-corrected chi connectivity index (χ4v) is 19.4. The number of aromatic nitrogens is 2. The van der Waals surface area contributed by atoms with Crippen molar-refractivity contribution in [3.63, 3.8) is 0 Å². The molecule has 42 nitrogen and oxygen atoms in total. The zero-order valence-electron chi connectivity index (χ0n) is 84.5. The fourth-order valence-electron chi connectivity index (χ4n) is 18.5. The molecule has 5 aromatic rings. The SMILES string of the molecule is CCCC[C@H]1C(=O)N(C)[C@@H](CCCC)C(=O)N[C@@H](CCC(=O)O)C(=O)N[C@H](C(N)=O)CSCC(=O)N[C@@H](Cc2ccc(F)cc2)C(=O)N2CCCC[C@H]2C(=O)N[C@@H](CC(N)=O)C(=O)N2CCC[C@H]2C(=O)N[C@@H](CCC(=O)C(C)(C)C)C(=O)N[C@@H](CC(C)C)C(=O)N2C[C@H](O)C[C@H]2C(=O)N[C@@H](Cc2c[nH]c3ccccc23)C(=O)N[C@@H](CCNC(=O)C(C)(C)C)C(=O)N[C@@H](Cc2cn(CC(=O)O)c3ccccc23)C(=O)N1C. The van der Waals surface area contributed by atoms with Crippen molar-refractivity contribution in [1.82, 2.24) is 87.2 Å². The van der Waals surface area contributed by atoms with E-state index in [1.54, 1.807) is 124 Å². The number of rotatable bonds is 28. The molecule has 44 heteroatoms. The van der Waals surface area contributed by atoms with Crippen molar-refractivity contribution in [1.29, 1.82) is 0 Å². The highest BCUT2D eigenvalue weighted by atomic mass is 32.2. The van der Waals surface area contributed by atoms with Crippen LogP contribution in [-0.2, 0) is 122 Å². The summed E-state index contributed by atoms with van der Waals surface area (Å²) in [5.74, 6) is -21.4. The van der Waals surface area contributed by atoms with Gasteiger partial charge in [-0.2, -0.15) is 0 Å². The lowest BCUT2D eigenvalue weighted by Gasteiger charge is -2.38. The first-order valence-electron chi connectivity index (χ1n) is 49.6. The van der Waals surface area contributed by atoms with Gasteiger partial charge in [-0.25, -0.2) is 4.39 Å². The Morgan fingerprint density at radius 3 is 1.65 bits per heavy atom. The minimum absolute atomic E-state index is 0.0335. The number of unbranched alkanes of at least 4 members (excludes halogenated alkanes) is 2. The monoisotopic (exact) mass is 2040 g/mol. The first kappa shape index (κ1) is 115. The molecule has 792 valence electrons. The number of ketones is 1. The Hall–Kier alpha value is -13.4. The zero-order chi connectivity index (χ0) is 107. The molecule has 0 saturated carbocycles. The number of piperidine rings is 1. The first-order chi connectivity index (χ1) is 68.5. The van der Waals surface area contributed by atoms with E-state index in [-0.39, 0.29) is 102 Å². The molecule has 4 fully saturated rings. The number of hydrogen-bond acceptors (Lipinski definition) is 22. The van der Waals surface area contributed by atoms with Crippen molar-refractivity contribution in [2.45, 2.75) is 308 Å². The molecule has 6 heterocycles. The van der Waals surface area contributed by atoms with Crippen LogP contribution in [0, 0.1) is 22.6 Å². The number of H-pyrrole nitrogens is 1. The summed E-state index contributed by atoms with van der Waals surface area (Å²) in [6.45, 7) is 15.2. The van der Waals surface area contributed by atoms with Gasteiger partial charge in [-0.15, -0.1) is 11.8 Å². The van der Waals surface area contributed by atoms with Crippen molar-refractivity contribution in [2.24, 2.45) is 28.2 Å². The van der Waals surface area contributed by atoms with Crippen molar-refractivity contribution < 1.29 is 116 Å². The third-order valence-electron chi connectivity index (χ3n) is 26.6. The molecule has 3 aromatic carbocycles. The number of carbonyl (C=O) groups excluding carboxylic acids is 18. The zero-order valence-corrected chi connectivity index (χ0v) is 85.3. The van der Waals surface area contributed by atoms with Crippen molar-refractivity contribution in [3.05, 3.63) is 108 Å². The van der Waals surface area contributed by atoms with Gasteiger partial charge in [0.1, 0.15) is 103 Å². The molecule has 4 aliphatic rings. The lowest BCUT2D eigenvalue weighted by Crippen LogP contribution is -2.61. The van der Waals surface area contributed by atoms with Gasteiger partial charge < -0.3 is 114 Å². The van der Waals surface area contributed by atoms with Gasteiger partial charge >= 0.3 is 11.9 Å². The minimum atomic E-state index is -1.80. The molecular formula is C101H142FN19O23S. The van der Waals surface area contributed by atoms with Crippen LogP contribution < -0.4 is 64.6 Å². The summed E-state index contributed by atoms with van der Waals surface area (Å²) in [6.07, 6.45) is -1.54. The van der Waals surface area contributed by atoms with Crippen molar-refractivity contribution in [2.75, 3.05) is 51.8 Å². The highest BCUT2D eigenvalue weighted by Crippen LogP contribution is 2.31. The summed E-state index contributed by atoms with van der Waals surface area (Å²) < 4.78 is 15.9. The summed E-state index contributed by atoms with van der Waals surface area (Å²) >= 11 is 0.732. The number of thioether (sulfide) groups is 1. The number of primary amides is 2. The molecule has 17 amide bonds. The molecule has 4 saturated heterocycles. The third kappa shape index (κ3) is 32.3. The van der Waals surface area contributed by atoms with Crippen LogP contribution in [0.4, 0.5) is 4.39 Å². The van der Waals surface area contributed by atoms with Gasteiger partial charge in [0.25, 0.3) is 0 Å². The first-order valence-corrected chi connectivity index (χ1v) is 50.8. The van der Waals surface area contributed by atoms with Crippen LogP contribution in [0.25, 0.3) is 21.8 Å². The Kier molecular flexibility index (Phi) is 42.0. The smallest absolute Gasteiger partial charge is 0.323 e. The van der Waals surface area contributed by atoms with Crippen LogP contribution in [0.5, 0.6) is 0 Å². The maximum atomic E-state index is 16.2. The summed E-state index contributed by atoms with van der Waals surface area (Å²) in [5.41, 5.74) is 11.8. The number of fused-ring (bicyclic) bond motifs is 5. The maximum Gasteiger partial charge on any atom is 0.323 e. The molecule has 145 heavy (non-hydrogen) atoms. The maximum absolute atomic E-state index is 16.2. The molecule has 0 unspecified atom stereocenters. The molecule has 9 rings (SSSR count). The number of carbonyl (C=O) groups is 20. The number of carboxylic acid groups (broad SMARTS) is 2. The van der Waals surface area contributed by atoms with E-state index in [1.165, 1.54) is 41.9 Å². The average molecular weight is 2040 g/mol. The third-order valence-corrected chi connectivity index (χ3v) is 27.6. The van der Waals surface area contributed by atoms with Crippen LogP contribution in [0.15, 0.2) is 85.2 Å². The lowest BCUT2D eigenvalue weighted by atomic mass is 9.87. The number of aliphatic hydroxyl groups is 1. The molecule has 0 aliphatic carbocycles. The normalized spacial score (nSPS) is 24.6. The van der Waals surface area contributed by atoms with E-state index < -0.39 is 289 Å². The lowest BCUT2D eigenvalue weighted by molar-refractivity contribution is -0.149. The van der Waals surface area contributed by atoms with E-state index in [2.05, 4.69) is 58.2 Å². The molecule has 4 aliphatic heterocycles. The molecule has 0 spiro atoms. The predicted molar refractivity (Wildman–Crippen MR) is 533 cm³/mol. The van der Waals surface area contributed by atoms with Gasteiger partial charge in [0, 0.05) is 130 Å². The summed E-state index contributed by atoms with van der Waals surface area (Å²) in [7, 11) is 2.57. The van der Waals surface area contributed by atoms with E-state index in [1.807, 2.05) is 0 Å². The number of halogens is 1. The van der Waals surface area contributed by atoms with E-state index >= 15 is 52.7 Å². The molecule has 0 bridgehead atoms. The number of amides is 17. The number of para-hydroxylation sites is 2. The minimum Gasteiger partial charge on any atom is -0.481 e. The second-order valence-electron chi connectivity index (χ2n) is 40.4. The summed E-state index contributed by atoms with van der Waals surface area (Å²) in [4.78, 5) is 302. The Balaban J connectivity index is 1.15. The number of nitrogens with two attached hydrogens (primary N) is 2. The largest absolute Gasteiger partial charge is 0.481 e. The Morgan fingerprint density at radius 2 is 1.03 bits per heavy atom. The Morgan fingerprint density at radius 1 is 0.517 bits per heavy atom. The van der Waals surface area contributed by atoms with E-state index in [0.717, 1.165) is 43.5 Å². The topological polar surface area (TPSA) is 611 Å². The second-order valence-corrected chi connectivity index (χ2v) is 41.4. The number of Topliss-reactive ketones (excluding diaryl/α,β-unsaturated/α-hetero) is 1. The number of likely N-dealkylation sites (N-methyl/N-ethyl adjacent to an activating group) is 2. The molecule has 18 N–H and O–H groups in total. The van der Waals surface area contributed by atoms with Crippen molar-refractivity contribution in [3.8, 4) is 0 Å². The van der Waals surface area contributed by atoms with Gasteiger partial charge in [-0.3, -0.25) is 95.9 Å². The number of aromatic amines is 1. The van der Waals surface area contributed by atoms with Gasteiger partial charge in [0.05, 0.1) is 18.3 Å². The van der Waals surface area contributed by atoms with Gasteiger partial charge in [-0.1, -0.05) is 143 Å². The standard InChI is InChI=1S/C101H142FN19O23S/c1-13-15-27-75-90(135)109-66(37-39-83(126)127)87(132)115-73(85(104)130)54-145-55-82(125)107-70(45-57-32-34-60(102)35-33-57)95(140)119-42-22-21-30-76(119)92(137)114-72(49-81(103)124)96(141)120-43-23-31-77(120)91(136)110-65(36-38-80(123)100(5,6)7)86(131)112-69(44-56(3)4)97(142)121-52-61(122)48-79(121)93(138)111-68(46-58-50-106-64-26-19-17-24-62(58)64)89(134)108-67(40-41-105-99(144)101(8,9)10)88(133)113-71(94(139)117(12)78(28-16-14-2)98(143)116(75)11)47-59-51-118(53-84(128)129)74-29-20-18-25-63(59)74/h17-20,24-26,29,32-35,50-51,56,61,65-73,75-79,106,122H,13-16,21-23,27-28,30-31,36-49,52-55H2,1-12H3,(H2,103,124)(H2,104,130)(H,105,144)(H,107,125)(H,108,134)(H,109,135)(H,110,136)(H,111,138)(H,112,131)(H,113,133)(H,114,137)(H,115,132)(H,126,127)(H,128,129)/t61-,65+,66+,67+,68+,69+,70+,71+,72+,73+,75+,76+,77+,78+,79+/m1/s1. The summed E-state index contributed by atoms with van der Waals surface area (Å²) in [5, 5.41) is 59.9. The molecule has 0 radical (unpaired) electrons. The number of aliphatic carboxylic acids is 2. The van der Waals surface area contributed by atoms with Crippen LogP contribution in [0.3, 0.4) is 0 Å². The second kappa shape index (κ2) is 52.9. The van der Waals surface area contributed by atoms with Gasteiger partial charge in [0.2, 0.25) is 100 Å². The van der Waals surface area contributed by atoms with Gasteiger partial charge in [-0.05, 0) is 118 Å². The van der Waals surface area contributed by atoms with E-state index in [9.17, 15) is 62.9 Å². The number of hydrogen-bond donors (Lipinski definition) is 16. The Bertz CT molecular complexity index is 5540. The molecular weight excluding hydrogens is 1900 g/mol. The van der Waals surface area contributed by atoms with Crippen LogP contribution in [0.2, 0.25) is 0 Å². The number of nitrogens with one attached hydrogen (secondary N) is 11. The van der Waals surface area contributed by atoms with E-state index in [4.69, 9.17) is 11.5 Å². The predicted octanol–water partition coefficient (Wildman–Crippen LogP) is 2.07. The van der Waals surface area contributed by atoms with Crippen LogP contribution >= 0.6 is 11.8 Å². The average Bonchev–Trinajstić information content (AvgIpc) is 1.67.